The van der Waals surface area contributed by atoms with Gasteiger partial charge in [0.15, 0.2) is 5.69 Å². The van der Waals surface area contributed by atoms with E-state index in [9.17, 15) is 44.3 Å². The molecule has 160 valence electrons. The fourth-order valence-corrected chi connectivity index (χ4v) is 2.71. The average Bonchev–Trinajstić information content (AvgIpc) is 3.01. The molecule has 0 aliphatic carbocycles. The van der Waals surface area contributed by atoms with Crippen LogP contribution in [0.2, 0.25) is 0 Å². The first kappa shape index (κ1) is 22.6. The van der Waals surface area contributed by atoms with Crippen LogP contribution >= 0.6 is 11.3 Å². The lowest BCUT2D eigenvalue weighted by atomic mass is 10.1. The topological polar surface area (TPSA) is 83.1 Å². The summed E-state index contributed by atoms with van der Waals surface area (Å²) >= 11 is 0.343. The predicted molar refractivity (Wildman–Crippen MR) is 82.7 cm³/mol. The Labute approximate surface area is 158 Å². The molecule has 0 spiro atoms. The highest BCUT2D eigenvalue weighted by molar-refractivity contribution is 7.16. The van der Waals surface area contributed by atoms with E-state index in [-0.39, 0.29) is 17.4 Å². The molecule has 0 saturated carbocycles. The molecule has 2 heterocycles. The molecule has 29 heavy (non-hydrogen) atoms. The second-order valence-electron chi connectivity index (χ2n) is 5.29. The first-order chi connectivity index (χ1) is 13.2. The fourth-order valence-electron chi connectivity index (χ4n) is 1.98. The smallest absolute Gasteiger partial charge is 0.384 e. The Morgan fingerprint density at radius 3 is 2.28 bits per heavy atom. The van der Waals surface area contributed by atoms with Gasteiger partial charge in [-0.2, -0.15) is 44.7 Å². The van der Waals surface area contributed by atoms with Crippen LogP contribution in [0.3, 0.4) is 0 Å². The highest BCUT2D eigenvalue weighted by Gasteiger charge is 2.57. The third kappa shape index (κ3) is 4.51. The zero-order valence-corrected chi connectivity index (χ0v) is 14.4. The maximum atomic E-state index is 13.3. The van der Waals surface area contributed by atoms with Crippen molar-refractivity contribution in [3.05, 3.63) is 32.8 Å². The molecule has 0 aromatic carbocycles. The van der Waals surface area contributed by atoms with Crippen LogP contribution in [0.25, 0.3) is 10.5 Å². The van der Waals surface area contributed by atoms with Crippen LogP contribution in [0, 0.1) is 5.41 Å². The zero-order valence-electron chi connectivity index (χ0n) is 13.6. The number of allylic oxidation sites excluding steroid dienone is 1. The summed E-state index contributed by atoms with van der Waals surface area (Å²) in [5.41, 5.74) is -5.67. The minimum Gasteiger partial charge on any atom is -0.384 e. The van der Waals surface area contributed by atoms with Crippen molar-refractivity contribution in [3.63, 3.8) is 0 Å². The summed E-state index contributed by atoms with van der Waals surface area (Å²) < 4.78 is 115. The molecule has 0 fully saturated rings. The summed E-state index contributed by atoms with van der Waals surface area (Å²) in [4.78, 5) is 14.9. The Hall–Kier alpha value is -2.65. The lowest BCUT2D eigenvalue weighted by Gasteiger charge is -2.19. The van der Waals surface area contributed by atoms with E-state index >= 15 is 0 Å². The molecule has 2 aromatic rings. The van der Waals surface area contributed by atoms with Crippen molar-refractivity contribution in [2.75, 3.05) is 6.54 Å². The Balaban J connectivity index is 2.60. The molecule has 0 atom stereocenters. The number of nitrogens with one attached hydrogen (secondary N) is 2. The van der Waals surface area contributed by atoms with Gasteiger partial charge in [0, 0.05) is 18.0 Å². The van der Waals surface area contributed by atoms with Crippen LogP contribution in [0.1, 0.15) is 16.3 Å². The van der Waals surface area contributed by atoms with Crippen molar-refractivity contribution in [1.29, 1.82) is 5.41 Å². The molecular formula is C13H8F9N5OS. The van der Waals surface area contributed by atoms with Crippen LogP contribution in [0.5, 0.6) is 0 Å². The van der Waals surface area contributed by atoms with Gasteiger partial charge >= 0.3 is 18.3 Å². The lowest BCUT2D eigenvalue weighted by molar-refractivity contribution is -0.278. The predicted octanol–water partition coefficient (Wildman–Crippen LogP) is 3.42. The first-order valence-electron chi connectivity index (χ1n) is 7.17. The number of alkyl halides is 9. The third-order valence-corrected chi connectivity index (χ3v) is 4.15. The minimum absolute atomic E-state index is 0.126. The summed E-state index contributed by atoms with van der Waals surface area (Å²) in [5, 5.41) is 11.6. The number of nitrogens with zero attached hydrogens (tertiary/aromatic N) is 3. The Morgan fingerprint density at radius 2 is 1.79 bits per heavy atom. The van der Waals surface area contributed by atoms with Crippen LogP contribution < -0.4 is 10.9 Å². The van der Waals surface area contributed by atoms with Gasteiger partial charge in [0.25, 0.3) is 5.56 Å². The van der Waals surface area contributed by atoms with Gasteiger partial charge in [0.1, 0.15) is 11.7 Å². The molecule has 16 heteroatoms. The largest absolute Gasteiger partial charge is 0.455 e. The second kappa shape index (κ2) is 7.64. The number of fused-ring (bicyclic) bond motifs is 1. The summed E-state index contributed by atoms with van der Waals surface area (Å²) in [6.45, 7) is -3.28. The van der Waals surface area contributed by atoms with E-state index in [0.717, 1.165) is 0 Å². The van der Waals surface area contributed by atoms with Gasteiger partial charge in [0.2, 0.25) is 4.96 Å². The number of halogens is 9. The molecule has 2 rings (SSSR count). The monoisotopic (exact) mass is 453 g/mol. The van der Waals surface area contributed by atoms with Crippen molar-refractivity contribution in [2.45, 2.75) is 24.9 Å². The summed E-state index contributed by atoms with van der Waals surface area (Å²) in [7, 11) is 0. The van der Waals surface area contributed by atoms with E-state index in [0.29, 0.717) is 15.9 Å². The fraction of sp³-hybridized carbons (Fsp3) is 0.385. The summed E-state index contributed by atoms with van der Waals surface area (Å²) in [6.07, 6.45) is -10.9. The van der Waals surface area contributed by atoms with Crippen LogP contribution in [0.4, 0.5) is 39.5 Å². The van der Waals surface area contributed by atoms with Gasteiger partial charge in [0.05, 0.1) is 12.1 Å². The Kier molecular flexibility index (Phi) is 5.97. The molecule has 0 aliphatic heterocycles. The molecule has 0 radical (unpaired) electrons. The van der Waals surface area contributed by atoms with E-state index in [1.165, 1.54) is 5.32 Å². The van der Waals surface area contributed by atoms with E-state index in [4.69, 9.17) is 5.41 Å². The van der Waals surface area contributed by atoms with Crippen molar-refractivity contribution in [3.8, 4) is 0 Å². The Morgan fingerprint density at radius 1 is 1.17 bits per heavy atom. The van der Waals surface area contributed by atoms with E-state index < -0.39 is 58.8 Å². The van der Waals surface area contributed by atoms with Crippen molar-refractivity contribution in [2.24, 2.45) is 0 Å². The minimum atomic E-state index is -5.93. The molecule has 6 nitrogen and oxygen atoms in total. The third-order valence-electron chi connectivity index (χ3n) is 3.28. The molecule has 0 unspecified atom stereocenters. The van der Waals surface area contributed by atoms with Gasteiger partial charge in [-0.15, -0.1) is 0 Å². The highest BCUT2D eigenvalue weighted by Crippen LogP contribution is 2.35. The Bertz CT molecular complexity index is 1000. The maximum Gasteiger partial charge on any atom is 0.455 e. The highest BCUT2D eigenvalue weighted by atomic mass is 32.1. The maximum absolute atomic E-state index is 13.3. The molecule has 0 aliphatic rings. The van der Waals surface area contributed by atoms with Gasteiger partial charge in [-0.3, -0.25) is 4.79 Å². The number of rotatable bonds is 6. The normalized spacial score (nSPS) is 13.8. The van der Waals surface area contributed by atoms with E-state index in [1.807, 2.05) is 0 Å². The molecule has 0 saturated heterocycles. The van der Waals surface area contributed by atoms with Crippen molar-refractivity contribution >= 4 is 28.1 Å². The summed E-state index contributed by atoms with van der Waals surface area (Å²) in [5.74, 6) is -5.23. The SMILES string of the molecule is N=C/C(=C\NCC(F)(F)C(F)(F)F)c1c(C(F)(F)F)nc2sc(CF)nn2c1=O. The van der Waals surface area contributed by atoms with Gasteiger partial charge in [-0.25, -0.2) is 9.37 Å². The first-order valence-corrected chi connectivity index (χ1v) is 7.99. The number of hydrogen-bond acceptors (Lipinski definition) is 6. The lowest BCUT2D eigenvalue weighted by Crippen LogP contribution is -2.44. The average molecular weight is 453 g/mol. The van der Waals surface area contributed by atoms with Gasteiger partial charge < -0.3 is 10.7 Å². The van der Waals surface area contributed by atoms with Crippen LogP contribution in [-0.2, 0) is 12.9 Å². The second-order valence-corrected chi connectivity index (χ2v) is 6.33. The molecular weight excluding hydrogens is 445 g/mol. The quantitative estimate of drug-likeness (QED) is 0.519. The molecule has 0 bridgehead atoms. The van der Waals surface area contributed by atoms with Gasteiger partial charge in [-0.1, -0.05) is 11.3 Å². The van der Waals surface area contributed by atoms with E-state index in [1.54, 1.807) is 0 Å². The molecule has 2 N–H and O–H groups in total. The standard InChI is InChI=1S/C13H8F9N5OS/c14-1-6-26-27-9(28)7(8(12(17,18)19)25-10(27)29-6)5(2-23)3-24-4-11(15,16)13(20,21)22/h2-3,23-24H,1,4H2/b5-3+,23-2?. The number of hydrogen-bond donors (Lipinski definition) is 2. The molecule has 0 amide bonds. The van der Waals surface area contributed by atoms with Crippen molar-refractivity contribution in [1.82, 2.24) is 19.9 Å². The zero-order chi connectivity index (χ0) is 22.2. The van der Waals surface area contributed by atoms with Crippen LogP contribution in [-0.4, -0.2) is 39.5 Å². The molecule has 2 aromatic heterocycles. The number of aromatic nitrogens is 3. The van der Waals surface area contributed by atoms with Crippen LogP contribution in [0.15, 0.2) is 11.0 Å². The van der Waals surface area contributed by atoms with E-state index in [2.05, 4.69) is 10.1 Å². The van der Waals surface area contributed by atoms with Gasteiger partial charge in [-0.05, 0) is 0 Å². The van der Waals surface area contributed by atoms with Crippen molar-refractivity contribution < 1.29 is 39.5 Å². The summed E-state index contributed by atoms with van der Waals surface area (Å²) in [6, 6.07) is 0.